The predicted octanol–water partition coefficient (Wildman–Crippen LogP) is 1.14. The van der Waals surface area contributed by atoms with Crippen molar-refractivity contribution in [2.24, 2.45) is 0 Å². The van der Waals surface area contributed by atoms with E-state index >= 15 is 0 Å². The maximum atomic E-state index is 12.1. The summed E-state index contributed by atoms with van der Waals surface area (Å²) >= 11 is 0. The number of hydrogen-bond donors (Lipinski definition) is 1. The van der Waals surface area contributed by atoms with Gasteiger partial charge in [0.2, 0.25) is 0 Å². The van der Waals surface area contributed by atoms with Gasteiger partial charge in [-0.25, -0.2) is 4.79 Å². The van der Waals surface area contributed by atoms with Crippen molar-refractivity contribution in [2.45, 2.75) is 26.0 Å². The summed E-state index contributed by atoms with van der Waals surface area (Å²) in [6.07, 6.45) is 1.70. The van der Waals surface area contributed by atoms with Crippen LogP contribution in [0.3, 0.4) is 0 Å². The van der Waals surface area contributed by atoms with Gasteiger partial charge in [-0.15, -0.1) is 0 Å². The van der Waals surface area contributed by atoms with Crippen LogP contribution in [0.25, 0.3) is 0 Å². The molecule has 1 aliphatic heterocycles. The largest absolute Gasteiger partial charge is 0.458 e. The molecule has 1 aromatic rings. The molecule has 0 bridgehead atoms. The van der Waals surface area contributed by atoms with Crippen LogP contribution in [0.4, 0.5) is 5.69 Å². The average Bonchev–Trinajstić information content (AvgIpc) is 2.78. The minimum atomic E-state index is -0.354. The zero-order valence-corrected chi connectivity index (χ0v) is 12.3. The van der Waals surface area contributed by atoms with Crippen LogP contribution in [-0.2, 0) is 9.47 Å². The molecule has 0 spiro atoms. The van der Waals surface area contributed by atoms with E-state index in [2.05, 4.69) is 4.90 Å². The fraction of sp³-hybridized carbons (Fsp3) is 0.643. The van der Waals surface area contributed by atoms with E-state index in [4.69, 9.17) is 15.2 Å². The molecule has 0 aliphatic carbocycles. The minimum Gasteiger partial charge on any atom is -0.458 e. The fourth-order valence-corrected chi connectivity index (χ4v) is 2.30. The number of carbonyl (C=O) groups excluding carboxylic acids is 1. The Kier molecular flexibility index (Phi) is 4.67. The maximum Gasteiger partial charge on any atom is 0.355 e. The third-order valence-electron chi connectivity index (χ3n) is 3.38. The lowest BCUT2D eigenvalue weighted by Gasteiger charge is -2.29. The Morgan fingerprint density at radius 1 is 1.60 bits per heavy atom. The highest BCUT2D eigenvalue weighted by Crippen LogP contribution is 2.17. The van der Waals surface area contributed by atoms with E-state index in [1.54, 1.807) is 12.3 Å². The third-order valence-corrected chi connectivity index (χ3v) is 3.38. The van der Waals surface area contributed by atoms with Crippen LogP contribution in [0.15, 0.2) is 12.3 Å². The number of hydrogen-bond acceptors (Lipinski definition) is 5. The number of nitrogens with zero attached hydrogens (tertiary/aromatic N) is 2. The van der Waals surface area contributed by atoms with E-state index in [9.17, 15) is 4.79 Å². The van der Waals surface area contributed by atoms with E-state index in [1.807, 2.05) is 25.5 Å². The van der Waals surface area contributed by atoms with Crippen LogP contribution >= 0.6 is 0 Å². The van der Waals surface area contributed by atoms with Crippen molar-refractivity contribution in [1.29, 1.82) is 0 Å². The van der Waals surface area contributed by atoms with Crippen molar-refractivity contribution >= 4 is 11.7 Å². The number of rotatable bonds is 4. The molecular formula is C14H23N3O3. The summed E-state index contributed by atoms with van der Waals surface area (Å²) in [6, 6.07) is 1.81. The van der Waals surface area contributed by atoms with Crippen molar-refractivity contribution in [2.75, 3.05) is 39.1 Å². The van der Waals surface area contributed by atoms with Gasteiger partial charge < -0.3 is 24.7 Å². The third kappa shape index (κ3) is 3.52. The summed E-state index contributed by atoms with van der Waals surface area (Å²) < 4.78 is 12.7. The standard InChI is InChI=1S/C14H23N3O3/c1-10(2)17-7-11(15)6-13(17)14(18)20-9-12-8-16(3)4-5-19-12/h6-7,10,12H,4-5,8-9,15H2,1-3H3. The normalized spacial score (nSPS) is 20.3. The number of carbonyl (C=O) groups is 1. The van der Waals surface area contributed by atoms with Crippen LogP contribution in [-0.4, -0.2) is 54.9 Å². The SMILES string of the molecule is CC(C)n1cc(N)cc1C(=O)OCC1CN(C)CCO1. The molecule has 6 nitrogen and oxygen atoms in total. The van der Waals surface area contributed by atoms with Gasteiger partial charge in [0.05, 0.1) is 12.3 Å². The Morgan fingerprint density at radius 2 is 2.35 bits per heavy atom. The molecule has 6 heteroatoms. The lowest BCUT2D eigenvalue weighted by Crippen LogP contribution is -2.42. The topological polar surface area (TPSA) is 69.7 Å². The Bertz CT molecular complexity index is 470. The van der Waals surface area contributed by atoms with Gasteiger partial charge in [0.25, 0.3) is 0 Å². The number of nitrogens with two attached hydrogens (primary N) is 1. The van der Waals surface area contributed by atoms with E-state index in [0.29, 0.717) is 18.0 Å². The number of aromatic nitrogens is 1. The summed E-state index contributed by atoms with van der Waals surface area (Å²) in [5.41, 5.74) is 6.81. The highest BCUT2D eigenvalue weighted by Gasteiger charge is 2.21. The van der Waals surface area contributed by atoms with Gasteiger partial charge in [-0.2, -0.15) is 0 Å². The molecule has 2 heterocycles. The minimum absolute atomic E-state index is 0.0579. The number of esters is 1. The Morgan fingerprint density at radius 3 is 3.00 bits per heavy atom. The first-order valence-corrected chi connectivity index (χ1v) is 6.92. The maximum absolute atomic E-state index is 12.1. The van der Waals surface area contributed by atoms with Crippen LogP contribution in [0.2, 0.25) is 0 Å². The lowest BCUT2D eigenvalue weighted by molar-refractivity contribution is -0.0531. The Balaban J connectivity index is 1.95. The molecule has 1 aromatic heterocycles. The first-order valence-electron chi connectivity index (χ1n) is 6.92. The molecule has 1 fully saturated rings. The zero-order valence-electron chi connectivity index (χ0n) is 12.3. The molecule has 0 aromatic carbocycles. The number of anilines is 1. The monoisotopic (exact) mass is 281 g/mol. The highest BCUT2D eigenvalue weighted by atomic mass is 16.6. The predicted molar refractivity (Wildman–Crippen MR) is 76.7 cm³/mol. The molecule has 1 saturated heterocycles. The zero-order chi connectivity index (χ0) is 14.7. The number of ether oxygens (including phenoxy) is 2. The second kappa shape index (κ2) is 6.28. The van der Waals surface area contributed by atoms with E-state index in [-0.39, 0.29) is 24.7 Å². The summed E-state index contributed by atoms with van der Waals surface area (Å²) in [4.78, 5) is 14.3. The van der Waals surface area contributed by atoms with Gasteiger partial charge in [0.1, 0.15) is 18.4 Å². The van der Waals surface area contributed by atoms with Crippen molar-refractivity contribution in [3.63, 3.8) is 0 Å². The summed E-state index contributed by atoms with van der Waals surface area (Å²) in [5.74, 6) is -0.354. The van der Waals surface area contributed by atoms with Crippen LogP contribution in [0.1, 0.15) is 30.4 Å². The van der Waals surface area contributed by atoms with E-state index in [0.717, 1.165) is 13.1 Å². The number of morpholine rings is 1. The average molecular weight is 281 g/mol. The Labute approximate surface area is 119 Å². The second-order valence-corrected chi connectivity index (χ2v) is 5.51. The van der Waals surface area contributed by atoms with Crippen LogP contribution in [0.5, 0.6) is 0 Å². The molecule has 0 amide bonds. The Hall–Kier alpha value is -1.53. The molecule has 20 heavy (non-hydrogen) atoms. The smallest absolute Gasteiger partial charge is 0.355 e. The van der Waals surface area contributed by atoms with Crippen molar-refractivity contribution < 1.29 is 14.3 Å². The van der Waals surface area contributed by atoms with Crippen LogP contribution < -0.4 is 5.73 Å². The molecule has 1 unspecified atom stereocenters. The molecule has 2 N–H and O–H groups in total. The van der Waals surface area contributed by atoms with Gasteiger partial charge in [0, 0.05) is 25.3 Å². The molecule has 2 rings (SSSR count). The first-order chi connectivity index (χ1) is 9.47. The van der Waals surface area contributed by atoms with Gasteiger partial charge in [0.15, 0.2) is 0 Å². The van der Waals surface area contributed by atoms with Gasteiger partial charge in [-0.1, -0.05) is 0 Å². The summed E-state index contributed by atoms with van der Waals surface area (Å²) in [6.45, 7) is 6.63. The van der Waals surface area contributed by atoms with Crippen molar-refractivity contribution in [3.8, 4) is 0 Å². The second-order valence-electron chi connectivity index (χ2n) is 5.51. The van der Waals surface area contributed by atoms with Crippen LogP contribution in [0, 0.1) is 0 Å². The highest BCUT2D eigenvalue weighted by molar-refractivity contribution is 5.89. The quantitative estimate of drug-likeness (QED) is 0.838. The van der Waals surface area contributed by atoms with E-state index < -0.39 is 0 Å². The lowest BCUT2D eigenvalue weighted by atomic mass is 10.3. The summed E-state index contributed by atoms with van der Waals surface area (Å²) in [7, 11) is 2.03. The first kappa shape index (κ1) is 14.9. The molecule has 1 atom stereocenters. The molecule has 0 radical (unpaired) electrons. The number of nitrogen functional groups attached to an aromatic ring is 1. The van der Waals surface area contributed by atoms with Gasteiger partial charge in [-0.3, -0.25) is 0 Å². The molecule has 0 saturated carbocycles. The van der Waals surface area contributed by atoms with Gasteiger partial charge >= 0.3 is 5.97 Å². The fourth-order valence-electron chi connectivity index (χ4n) is 2.30. The molecule has 112 valence electrons. The molecule has 1 aliphatic rings. The van der Waals surface area contributed by atoms with Gasteiger partial charge in [-0.05, 0) is 27.0 Å². The summed E-state index contributed by atoms with van der Waals surface area (Å²) in [5, 5.41) is 0. The van der Waals surface area contributed by atoms with Crippen molar-refractivity contribution in [1.82, 2.24) is 9.47 Å². The van der Waals surface area contributed by atoms with Crippen molar-refractivity contribution in [3.05, 3.63) is 18.0 Å². The van der Waals surface area contributed by atoms with E-state index in [1.165, 1.54) is 0 Å². The molecular weight excluding hydrogens is 258 g/mol. The number of likely N-dealkylation sites (N-methyl/N-ethyl adjacent to an activating group) is 1.